The van der Waals surface area contributed by atoms with Crippen LogP contribution in [0.2, 0.25) is 0 Å². The minimum Gasteiger partial charge on any atom is -0.405 e. The van der Waals surface area contributed by atoms with Crippen LogP contribution in [0.4, 0.5) is 0 Å². The molecular formula is C18H17NO2. The van der Waals surface area contributed by atoms with E-state index in [2.05, 4.69) is 4.99 Å². The van der Waals surface area contributed by atoms with Crippen LogP contribution >= 0.6 is 0 Å². The first kappa shape index (κ1) is 13.6. The van der Waals surface area contributed by atoms with Gasteiger partial charge in [-0.05, 0) is 23.6 Å². The van der Waals surface area contributed by atoms with E-state index < -0.39 is 5.54 Å². The quantitative estimate of drug-likeness (QED) is 0.806. The number of ether oxygens (including phenoxy) is 1. The van der Waals surface area contributed by atoms with Crippen LogP contribution in [0.25, 0.3) is 0 Å². The van der Waals surface area contributed by atoms with Gasteiger partial charge in [-0.15, -0.1) is 0 Å². The number of hydrogen-bond donors (Lipinski definition) is 0. The van der Waals surface area contributed by atoms with Crippen molar-refractivity contribution in [2.24, 2.45) is 10.9 Å². The van der Waals surface area contributed by atoms with Crippen molar-refractivity contribution < 1.29 is 9.53 Å². The van der Waals surface area contributed by atoms with E-state index in [0.29, 0.717) is 5.90 Å². The zero-order valence-electron chi connectivity index (χ0n) is 12.1. The second kappa shape index (κ2) is 5.17. The Hall–Kier alpha value is -2.42. The molecule has 3 rings (SSSR count). The maximum atomic E-state index is 12.6. The van der Waals surface area contributed by atoms with Gasteiger partial charge in [0.15, 0.2) is 5.54 Å². The van der Waals surface area contributed by atoms with Gasteiger partial charge in [-0.25, -0.2) is 9.79 Å². The Morgan fingerprint density at radius 2 is 1.52 bits per heavy atom. The van der Waals surface area contributed by atoms with Gasteiger partial charge in [-0.2, -0.15) is 0 Å². The molecule has 0 aromatic heterocycles. The monoisotopic (exact) mass is 279 g/mol. The summed E-state index contributed by atoms with van der Waals surface area (Å²) in [6.07, 6.45) is 0. The van der Waals surface area contributed by atoms with Gasteiger partial charge in [0.05, 0.1) is 0 Å². The van der Waals surface area contributed by atoms with E-state index in [0.717, 1.165) is 11.1 Å². The van der Waals surface area contributed by atoms with Crippen LogP contribution in [-0.2, 0) is 15.1 Å². The summed E-state index contributed by atoms with van der Waals surface area (Å²) in [7, 11) is 0. The second-order valence-corrected chi connectivity index (χ2v) is 5.46. The predicted octanol–water partition coefficient (Wildman–Crippen LogP) is 3.54. The fraction of sp³-hybridized carbons (Fsp3) is 0.222. The summed E-state index contributed by atoms with van der Waals surface area (Å²) < 4.78 is 5.49. The molecular weight excluding hydrogens is 262 g/mol. The average Bonchev–Trinajstić information content (AvgIpc) is 2.88. The number of nitrogens with zero attached hydrogens (tertiary/aromatic N) is 1. The Bertz CT molecular complexity index is 677. The molecule has 2 aromatic carbocycles. The topological polar surface area (TPSA) is 38.7 Å². The van der Waals surface area contributed by atoms with Crippen molar-refractivity contribution in [1.82, 2.24) is 0 Å². The first-order valence-corrected chi connectivity index (χ1v) is 7.07. The van der Waals surface area contributed by atoms with Gasteiger partial charge in [0.1, 0.15) is 0 Å². The molecule has 1 aliphatic rings. The summed E-state index contributed by atoms with van der Waals surface area (Å²) in [6.45, 7) is 3.98. The highest BCUT2D eigenvalue weighted by Crippen LogP contribution is 2.39. The van der Waals surface area contributed by atoms with Crippen LogP contribution in [0.3, 0.4) is 0 Å². The zero-order valence-corrected chi connectivity index (χ0v) is 12.1. The standard InChI is InChI=1S/C18H17NO2/c1-13(2)18(15-11-7-4-8-12-15)17(20)21-16(19-18)14-9-5-3-6-10-14/h3-13H,1-2H3. The van der Waals surface area contributed by atoms with E-state index in [4.69, 9.17) is 4.74 Å². The number of cyclic esters (lactones) is 1. The predicted molar refractivity (Wildman–Crippen MR) is 82.0 cm³/mol. The maximum Gasteiger partial charge on any atom is 0.345 e. The van der Waals surface area contributed by atoms with E-state index in [1.165, 1.54) is 0 Å². The Morgan fingerprint density at radius 3 is 2.10 bits per heavy atom. The highest BCUT2D eigenvalue weighted by Gasteiger charge is 2.50. The largest absolute Gasteiger partial charge is 0.405 e. The lowest BCUT2D eigenvalue weighted by molar-refractivity contribution is -0.141. The number of carbonyl (C=O) groups excluding carboxylic acids is 1. The molecule has 0 aliphatic carbocycles. The molecule has 0 bridgehead atoms. The van der Waals surface area contributed by atoms with E-state index in [1.807, 2.05) is 74.5 Å². The van der Waals surface area contributed by atoms with E-state index in [9.17, 15) is 4.79 Å². The third-order valence-corrected chi connectivity index (χ3v) is 3.85. The third kappa shape index (κ3) is 2.15. The summed E-state index contributed by atoms with van der Waals surface area (Å²) in [5, 5.41) is 0. The lowest BCUT2D eigenvalue weighted by Crippen LogP contribution is -2.36. The number of aliphatic imine (C=N–C) groups is 1. The minimum atomic E-state index is -0.952. The molecule has 0 saturated heterocycles. The Kier molecular flexibility index (Phi) is 3.34. The highest BCUT2D eigenvalue weighted by atomic mass is 16.6. The van der Waals surface area contributed by atoms with Gasteiger partial charge in [0.2, 0.25) is 5.90 Å². The summed E-state index contributed by atoms with van der Waals surface area (Å²) in [5.41, 5.74) is 0.743. The smallest absolute Gasteiger partial charge is 0.345 e. The fourth-order valence-corrected chi connectivity index (χ4v) is 2.67. The van der Waals surface area contributed by atoms with Crippen LogP contribution in [0.5, 0.6) is 0 Å². The van der Waals surface area contributed by atoms with Gasteiger partial charge in [-0.1, -0.05) is 62.4 Å². The number of benzene rings is 2. The number of carbonyl (C=O) groups is 1. The van der Waals surface area contributed by atoms with Gasteiger partial charge >= 0.3 is 5.97 Å². The Labute approximate surface area is 124 Å². The SMILES string of the molecule is CC(C)C1(c2ccccc2)N=C(c2ccccc2)OC1=O. The number of rotatable bonds is 3. The van der Waals surface area contributed by atoms with Crippen molar-refractivity contribution in [3.05, 3.63) is 71.8 Å². The van der Waals surface area contributed by atoms with Gasteiger partial charge in [0.25, 0.3) is 0 Å². The number of hydrogen-bond acceptors (Lipinski definition) is 3. The van der Waals surface area contributed by atoms with Crippen molar-refractivity contribution in [3.63, 3.8) is 0 Å². The van der Waals surface area contributed by atoms with Crippen molar-refractivity contribution in [2.75, 3.05) is 0 Å². The minimum absolute atomic E-state index is 0.00797. The average molecular weight is 279 g/mol. The van der Waals surface area contributed by atoms with Crippen molar-refractivity contribution in [1.29, 1.82) is 0 Å². The van der Waals surface area contributed by atoms with E-state index >= 15 is 0 Å². The second-order valence-electron chi connectivity index (χ2n) is 5.46. The third-order valence-electron chi connectivity index (χ3n) is 3.85. The van der Waals surface area contributed by atoms with Crippen molar-refractivity contribution >= 4 is 11.9 Å². The first-order valence-electron chi connectivity index (χ1n) is 7.07. The molecule has 0 saturated carbocycles. The lowest BCUT2D eigenvalue weighted by Gasteiger charge is -2.26. The van der Waals surface area contributed by atoms with Crippen LogP contribution in [0.15, 0.2) is 65.7 Å². The summed E-state index contributed by atoms with van der Waals surface area (Å²) >= 11 is 0. The zero-order chi connectivity index (χ0) is 14.9. The molecule has 1 unspecified atom stereocenters. The molecule has 1 heterocycles. The molecule has 2 aromatic rings. The summed E-state index contributed by atoms with van der Waals surface area (Å²) in [4.78, 5) is 17.3. The molecule has 0 N–H and O–H groups in total. The highest BCUT2D eigenvalue weighted by molar-refractivity contribution is 6.08. The van der Waals surface area contributed by atoms with Gasteiger partial charge < -0.3 is 4.74 Å². The Morgan fingerprint density at radius 1 is 0.952 bits per heavy atom. The van der Waals surface area contributed by atoms with E-state index in [-0.39, 0.29) is 11.9 Å². The molecule has 0 amide bonds. The maximum absolute atomic E-state index is 12.6. The molecule has 1 aliphatic heterocycles. The normalized spacial score (nSPS) is 21.3. The molecule has 0 spiro atoms. The first-order chi connectivity index (χ1) is 10.1. The van der Waals surface area contributed by atoms with E-state index in [1.54, 1.807) is 0 Å². The summed E-state index contributed by atoms with van der Waals surface area (Å²) in [5.74, 6) is 0.106. The molecule has 0 radical (unpaired) electrons. The van der Waals surface area contributed by atoms with Crippen LogP contribution < -0.4 is 0 Å². The molecule has 3 heteroatoms. The molecule has 3 nitrogen and oxygen atoms in total. The Balaban J connectivity index is 2.13. The van der Waals surface area contributed by atoms with Crippen LogP contribution in [0, 0.1) is 5.92 Å². The van der Waals surface area contributed by atoms with Crippen molar-refractivity contribution in [2.45, 2.75) is 19.4 Å². The molecule has 0 fully saturated rings. The van der Waals surface area contributed by atoms with Crippen molar-refractivity contribution in [3.8, 4) is 0 Å². The number of esters is 1. The van der Waals surface area contributed by atoms with Gasteiger partial charge in [0, 0.05) is 5.56 Å². The molecule has 106 valence electrons. The summed E-state index contributed by atoms with van der Waals surface area (Å²) in [6, 6.07) is 19.2. The molecule has 1 atom stereocenters. The van der Waals surface area contributed by atoms with Crippen LogP contribution in [0.1, 0.15) is 25.0 Å². The molecule has 21 heavy (non-hydrogen) atoms. The van der Waals surface area contributed by atoms with Gasteiger partial charge in [-0.3, -0.25) is 0 Å². The fourth-order valence-electron chi connectivity index (χ4n) is 2.67. The lowest BCUT2D eigenvalue weighted by atomic mass is 9.81. The van der Waals surface area contributed by atoms with Crippen LogP contribution in [-0.4, -0.2) is 11.9 Å².